The quantitative estimate of drug-likeness (QED) is 0.159. The molecule has 1 aliphatic rings. The monoisotopic (exact) mass is 528 g/mol. The fraction of sp³-hybridized carbons (Fsp3) is 0.677. The second kappa shape index (κ2) is 15.5. The molecule has 1 atom stereocenters. The minimum atomic E-state index is -0.206. The van der Waals surface area contributed by atoms with E-state index >= 15 is 0 Å². The van der Waals surface area contributed by atoms with Crippen LogP contribution in [0.2, 0.25) is 0 Å². The lowest BCUT2D eigenvalue weighted by Crippen LogP contribution is -2.47. The van der Waals surface area contributed by atoms with Gasteiger partial charge in [0.2, 0.25) is 0 Å². The summed E-state index contributed by atoms with van der Waals surface area (Å²) in [6, 6.07) is 4.68. The molecule has 36 heavy (non-hydrogen) atoms. The smallest absolute Gasteiger partial charge is 0.406 e. The molecule has 1 unspecified atom stereocenters. The average Bonchev–Trinajstić information content (AvgIpc) is 3.50. The SMILES string of the molecule is CCCCCCCCc1c(C=Cc2ccc(C(CC)CCCCC)s2)csc1B1OCC(C)(C)CO1. The van der Waals surface area contributed by atoms with Crippen molar-refractivity contribution in [2.75, 3.05) is 13.2 Å². The third-order valence-electron chi connectivity index (χ3n) is 7.33. The van der Waals surface area contributed by atoms with E-state index in [9.17, 15) is 0 Å². The largest absolute Gasteiger partial charge is 0.504 e. The zero-order chi connectivity index (χ0) is 25.8. The summed E-state index contributed by atoms with van der Waals surface area (Å²) < 4.78 is 13.7. The molecule has 0 amide bonds. The Bertz CT molecular complexity index is 904. The van der Waals surface area contributed by atoms with Crippen LogP contribution < -0.4 is 4.78 Å². The standard InChI is InChI=1S/C31H49BO2S2/c1-6-9-11-12-13-15-17-28-26(22-35-30(28)32-33-23-31(4,5)24-34-32)18-19-27-20-21-29(36-27)25(8-3)16-14-10-7-2/h18-22,25H,6-17,23-24H2,1-5H3. The van der Waals surface area contributed by atoms with E-state index in [1.165, 1.54) is 91.4 Å². The van der Waals surface area contributed by atoms with Gasteiger partial charge in [-0.05, 0) is 66.3 Å². The van der Waals surface area contributed by atoms with E-state index in [4.69, 9.17) is 9.31 Å². The van der Waals surface area contributed by atoms with Gasteiger partial charge in [0, 0.05) is 33.2 Å². The zero-order valence-corrected chi connectivity index (χ0v) is 25.2. The summed E-state index contributed by atoms with van der Waals surface area (Å²) in [6.07, 6.45) is 20.3. The van der Waals surface area contributed by atoms with Crippen LogP contribution in [-0.4, -0.2) is 20.3 Å². The Labute approximate surface area is 230 Å². The van der Waals surface area contributed by atoms with E-state index in [1.807, 2.05) is 22.7 Å². The Morgan fingerprint density at radius 1 is 0.917 bits per heavy atom. The summed E-state index contributed by atoms with van der Waals surface area (Å²) in [7, 11) is -0.206. The van der Waals surface area contributed by atoms with Gasteiger partial charge in [0.05, 0.1) is 0 Å². The lowest BCUT2D eigenvalue weighted by Gasteiger charge is -2.33. The third-order valence-corrected chi connectivity index (χ3v) is 9.61. The first kappa shape index (κ1) is 29.7. The molecule has 1 fully saturated rings. The summed E-state index contributed by atoms with van der Waals surface area (Å²) in [6.45, 7) is 12.9. The first-order chi connectivity index (χ1) is 17.5. The Hall–Kier alpha value is -0.875. The average molecular weight is 529 g/mol. The minimum Gasteiger partial charge on any atom is -0.406 e. The fourth-order valence-electron chi connectivity index (χ4n) is 4.98. The molecule has 0 aromatic carbocycles. The lowest BCUT2D eigenvalue weighted by atomic mass is 9.78. The second-order valence-electron chi connectivity index (χ2n) is 11.3. The predicted molar refractivity (Wildman–Crippen MR) is 163 cm³/mol. The highest BCUT2D eigenvalue weighted by atomic mass is 32.1. The predicted octanol–water partition coefficient (Wildman–Crippen LogP) is 9.73. The van der Waals surface area contributed by atoms with E-state index in [0.717, 1.165) is 19.6 Å². The summed E-state index contributed by atoms with van der Waals surface area (Å²) >= 11 is 3.80. The molecule has 0 N–H and O–H groups in total. The van der Waals surface area contributed by atoms with Crippen molar-refractivity contribution in [1.82, 2.24) is 0 Å². The molecule has 0 spiro atoms. The Morgan fingerprint density at radius 3 is 2.33 bits per heavy atom. The van der Waals surface area contributed by atoms with Gasteiger partial charge >= 0.3 is 7.12 Å². The number of rotatable bonds is 16. The normalized spacial score (nSPS) is 16.8. The molecule has 200 valence electrons. The van der Waals surface area contributed by atoms with E-state index in [0.29, 0.717) is 5.92 Å². The molecular formula is C31H49BO2S2. The van der Waals surface area contributed by atoms with Crippen LogP contribution in [0, 0.1) is 5.41 Å². The molecule has 2 aromatic heterocycles. The maximum Gasteiger partial charge on any atom is 0.504 e. The Morgan fingerprint density at radius 2 is 1.61 bits per heavy atom. The second-order valence-corrected chi connectivity index (χ2v) is 13.4. The van der Waals surface area contributed by atoms with Gasteiger partial charge in [-0.1, -0.05) is 92.1 Å². The first-order valence-corrected chi connectivity index (χ1v) is 16.3. The van der Waals surface area contributed by atoms with Gasteiger partial charge in [0.15, 0.2) is 0 Å². The molecule has 0 bridgehead atoms. The topological polar surface area (TPSA) is 18.5 Å². The Kier molecular flexibility index (Phi) is 12.8. The molecule has 3 heterocycles. The van der Waals surface area contributed by atoms with Gasteiger partial charge in [-0.25, -0.2) is 0 Å². The molecule has 1 aliphatic heterocycles. The first-order valence-electron chi connectivity index (χ1n) is 14.6. The van der Waals surface area contributed by atoms with Gasteiger partial charge in [-0.2, -0.15) is 11.3 Å². The van der Waals surface area contributed by atoms with Gasteiger partial charge in [0.1, 0.15) is 0 Å². The summed E-state index contributed by atoms with van der Waals surface area (Å²) in [5.41, 5.74) is 2.89. The van der Waals surface area contributed by atoms with Crippen molar-refractivity contribution < 1.29 is 9.31 Å². The van der Waals surface area contributed by atoms with Crippen LogP contribution >= 0.6 is 22.7 Å². The fourth-order valence-corrected chi connectivity index (χ4v) is 7.20. The summed E-state index contributed by atoms with van der Waals surface area (Å²) in [5.74, 6) is 0.713. The summed E-state index contributed by atoms with van der Waals surface area (Å²) in [4.78, 5) is 2.92. The van der Waals surface area contributed by atoms with E-state index in [1.54, 1.807) is 4.88 Å². The molecular weight excluding hydrogens is 479 g/mol. The molecule has 0 saturated carbocycles. The lowest BCUT2D eigenvalue weighted by molar-refractivity contribution is 0.0345. The van der Waals surface area contributed by atoms with Crippen LogP contribution in [-0.2, 0) is 15.7 Å². The molecule has 1 saturated heterocycles. The van der Waals surface area contributed by atoms with Crippen molar-refractivity contribution in [2.45, 2.75) is 118 Å². The highest BCUT2D eigenvalue weighted by Gasteiger charge is 2.36. The highest BCUT2D eigenvalue weighted by Crippen LogP contribution is 2.33. The third kappa shape index (κ3) is 9.15. The van der Waals surface area contributed by atoms with E-state index < -0.39 is 0 Å². The van der Waals surface area contributed by atoms with E-state index in [-0.39, 0.29) is 12.5 Å². The van der Waals surface area contributed by atoms with Crippen molar-refractivity contribution in [1.29, 1.82) is 0 Å². The number of hydrogen-bond acceptors (Lipinski definition) is 4. The van der Waals surface area contributed by atoms with Crippen molar-refractivity contribution in [3.05, 3.63) is 38.4 Å². The zero-order valence-electron chi connectivity index (χ0n) is 23.6. The maximum absolute atomic E-state index is 6.20. The Balaban J connectivity index is 1.70. The van der Waals surface area contributed by atoms with Crippen molar-refractivity contribution in [2.24, 2.45) is 5.41 Å². The molecule has 2 aromatic rings. The van der Waals surface area contributed by atoms with Gasteiger partial charge in [0.25, 0.3) is 0 Å². The molecule has 0 aliphatic carbocycles. The number of unbranched alkanes of at least 4 members (excludes halogenated alkanes) is 7. The van der Waals surface area contributed by atoms with Crippen LogP contribution in [0.25, 0.3) is 12.2 Å². The molecule has 0 radical (unpaired) electrons. The summed E-state index contributed by atoms with van der Waals surface area (Å²) in [5, 5.41) is 2.32. The van der Waals surface area contributed by atoms with Crippen LogP contribution in [0.1, 0.15) is 132 Å². The van der Waals surface area contributed by atoms with Crippen molar-refractivity contribution >= 4 is 46.7 Å². The highest BCUT2D eigenvalue weighted by molar-refractivity contribution is 7.21. The molecule has 3 rings (SSSR count). The minimum absolute atomic E-state index is 0.0969. The van der Waals surface area contributed by atoms with Gasteiger partial charge in [-0.15, -0.1) is 11.3 Å². The van der Waals surface area contributed by atoms with Crippen molar-refractivity contribution in [3.63, 3.8) is 0 Å². The van der Waals surface area contributed by atoms with Gasteiger partial charge < -0.3 is 9.31 Å². The van der Waals surface area contributed by atoms with Crippen LogP contribution in [0.15, 0.2) is 17.5 Å². The van der Waals surface area contributed by atoms with Crippen LogP contribution in [0.4, 0.5) is 0 Å². The number of thiophene rings is 2. The van der Waals surface area contributed by atoms with Crippen molar-refractivity contribution in [3.8, 4) is 0 Å². The molecule has 2 nitrogen and oxygen atoms in total. The van der Waals surface area contributed by atoms with Crippen LogP contribution in [0.3, 0.4) is 0 Å². The van der Waals surface area contributed by atoms with Crippen LogP contribution in [0.5, 0.6) is 0 Å². The molecule has 5 heteroatoms. The van der Waals surface area contributed by atoms with Gasteiger partial charge in [-0.3, -0.25) is 0 Å². The number of hydrogen-bond donors (Lipinski definition) is 0. The maximum atomic E-state index is 6.20. The van der Waals surface area contributed by atoms with E-state index in [2.05, 4.69) is 64.3 Å².